The van der Waals surface area contributed by atoms with Gasteiger partial charge in [-0.2, -0.15) is 5.10 Å². The topological polar surface area (TPSA) is 74.8 Å². The predicted molar refractivity (Wildman–Crippen MR) is 161 cm³/mol. The number of rotatable bonds is 9. The number of carbonyl (C=O) groups is 1. The Kier molecular flexibility index (Phi) is 7.34. The van der Waals surface area contributed by atoms with Crippen LogP contribution in [-0.2, 0) is 13.0 Å². The average Bonchev–Trinajstić information content (AvgIpc) is 3.36. The zero-order valence-corrected chi connectivity index (χ0v) is 22.6. The molecule has 0 fully saturated rings. The Morgan fingerprint density at radius 1 is 0.821 bits per heavy atom. The number of hydrogen-bond acceptors (Lipinski definition) is 5. The number of nitrogens with two attached hydrogens (primary N) is 1. The van der Waals surface area contributed by atoms with Crippen molar-refractivity contribution in [3.63, 3.8) is 0 Å². The molecule has 1 aliphatic heterocycles. The number of hydrogen-bond donors (Lipinski definition) is 1. The first-order chi connectivity index (χ1) is 19.2. The smallest absolute Gasteiger partial charge is 0.330 e. The molecule has 39 heavy (non-hydrogen) atoms. The minimum atomic E-state index is -0.109. The fourth-order valence-corrected chi connectivity index (χ4v) is 6.07. The monoisotopic (exact) mass is 533 g/mol. The van der Waals surface area contributed by atoms with Crippen molar-refractivity contribution in [1.82, 2.24) is 9.99 Å². The summed E-state index contributed by atoms with van der Waals surface area (Å²) in [6.07, 6.45) is 3.11. The Morgan fingerprint density at radius 2 is 1.62 bits per heavy atom. The second-order valence-electron chi connectivity index (χ2n) is 9.81. The van der Waals surface area contributed by atoms with Crippen molar-refractivity contribution in [2.24, 2.45) is 10.8 Å². The van der Waals surface area contributed by atoms with Crippen LogP contribution in [0.2, 0.25) is 0 Å². The third-order valence-electron chi connectivity index (χ3n) is 7.09. The van der Waals surface area contributed by atoms with Crippen LogP contribution in [0.15, 0.2) is 96.1 Å². The number of fused-ring (bicyclic) bond motifs is 3. The number of urea groups is 1. The Hall–Kier alpha value is -4.07. The van der Waals surface area contributed by atoms with E-state index in [-0.39, 0.29) is 6.03 Å². The molecule has 7 heteroatoms. The summed E-state index contributed by atoms with van der Waals surface area (Å²) in [4.78, 5) is 20.7. The minimum Gasteiger partial charge on any atom is -0.330 e. The van der Waals surface area contributed by atoms with Gasteiger partial charge in [-0.3, -0.25) is 4.90 Å². The van der Waals surface area contributed by atoms with Crippen molar-refractivity contribution in [1.29, 1.82) is 0 Å². The van der Waals surface area contributed by atoms with E-state index in [2.05, 4.69) is 48.5 Å². The number of amides is 2. The molecule has 4 aromatic carbocycles. The van der Waals surface area contributed by atoms with E-state index in [0.29, 0.717) is 26.1 Å². The minimum absolute atomic E-state index is 0.109. The number of unbranched alkanes of at least 4 members (excludes halogenated alkanes) is 1. The molecule has 2 heterocycles. The van der Waals surface area contributed by atoms with Gasteiger partial charge < -0.3 is 5.73 Å². The van der Waals surface area contributed by atoms with Crippen molar-refractivity contribution in [2.45, 2.75) is 32.2 Å². The van der Waals surface area contributed by atoms with E-state index in [1.54, 1.807) is 16.3 Å². The quantitative estimate of drug-likeness (QED) is 0.208. The highest BCUT2D eigenvalue weighted by Gasteiger charge is 2.29. The molecule has 0 aliphatic carbocycles. The lowest BCUT2D eigenvalue weighted by molar-refractivity contribution is 0.206. The SMILES string of the molecule is NCCCCN1N=C(CCc2nc3ccccc3s2)c2ccccc2N(Cc2ccc3ccccc3c2)C1=O. The third-order valence-corrected chi connectivity index (χ3v) is 8.19. The van der Waals surface area contributed by atoms with Gasteiger partial charge in [0, 0.05) is 18.5 Å². The first-order valence-corrected chi connectivity index (χ1v) is 14.3. The molecule has 6 rings (SSSR count). The standard InChI is InChI=1S/C32H31N5OS/c33-19-7-8-20-37-32(38)36(22-23-15-16-24-9-1-2-10-25(24)21-23)29-13-5-3-11-26(29)27(35-37)17-18-31-34-28-12-4-6-14-30(28)39-31/h1-6,9-16,21H,7-8,17-20,22,33H2. The average molecular weight is 534 g/mol. The lowest BCUT2D eigenvalue weighted by Crippen LogP contribution is -2.40. The lowest BCUT2D eigenvalue weighted by atomic mass is 10.0. The van der Waals surface area contributed by atoms with Crippen LogP contribution >= 0.6 is 11.3 Å². The van der Waals surface area contributed by atoms with E-state index >= 15 is 0 Å². The lowest BCUT2D eigenvalue weighted by Gasteiger charge is -2.27. The molecule has 0 saturated heterocycles. The van der Waals surface area contributed by atoms with Crippen LogP contribution in [0.4, 0.5) is 10.5 Å². The molecule has 2 N–H and O–H groups in total. The molecular weight excluding hydrogens is 502 g/mol. The fraction of sp³-hybridized carbons (Fsp3) is 0.219. The predicted octanol–water partition coefficient (Wildman–Crippen LogP) is 6.97. The first-order valence-electron chi connectivity index (χ1n) is 13.5. The number of aromatic nitrogens is 1. The summed E-state index contributed by atoms with van der Waals surface area (Å²) in [5, 5.41) is 10.0. The number of thiazole rings is 1. The molecule has 0 saturated carbocycles. The van der Waals surface area contributed by atoms with Gasteiger partial charge in [0.2, 0.25) is 0 Å². The van der Waals surface area contributed by atoms with Crippen LogP contribution in [0.5, 0.6) is 0 Å². The second kappa shape index (κ2) is 11.4. The highest BCUT2D eigenvalue weighted by atomic mass is 32.1. The Bertz CT molecular complexity index is 1630. The van der Waals surface area contributed by atoms with Crippen molar-refractivity contribution in [2.75, 3.05) is 18.0 Å². The number of aryl methyl sites for hydroxylation is 1. The molecular formula is C32H31N5OS. The maximum atomic E-state index is 14.0. The van der Waals surface area contributed by atoms with Gasteiger partial charge in [-0.05, 0) is 66.4 Å². The van der Waals surface area contributed by atoms with E-state index in [9.17, 15) is 4.79 Å². The summed E-state index contributed by atoms with van der Waals surface area (Å²) in [5.41, 5.74) is 10.7. The normalized spacial score (nSPS) is 13.6. The Balaban J connectivity index is 1.34. The van der Waals surface area contributed by atoms with Crippen LogP contribution in [0.3, 0.4) is 0 Å². The molecule has 196 valence electrons. The zero-order chi connectivity index (χ0) is 26.6. The summed E-state index contributed by atoms with van der Waals surface area (Å²) < 4.78 is 1.19. The molecule has 5 aromatic rings. The van der Waals surface area contributed by atoms with Crippen LogP contribution in [-0.4, -0.2) is 34.8 Å². The fourth-order valence-electron chi connectivity index (χ4n) is 5.10. The first kappa shape index (κ1) is 25.2. The van der Waals surface area contributed by atoms with Crippen molar-refractivity contribution < 1.29 is 4.79 Å². The number of carbonyl (C=O) groups excluding carboxylic acids is 1. The molecule has 1 aliphatic rings. The number of para-hydroxylation sites is 2. The Morgan fingerprint density at radius 3 is 2.49 bits per heavy atom. The van der Waals surface area contributed by atoms with E-state index in [0.717, 1.165) is 57.7 Å². The van der Waals surface area contributed by atoms with Gasteiger partial charge in [0.1, 0.15) is 0 Å². The molecule has 0 unspecified atom stereocenters. The number of anilines is 1. The van der Waals surface area contributed by atoms with Crippen LogP contribution in [0.25, 0.3) is 21.0 Å². The number of hydrazone groups is 1. The summed E-state index contributed by atoms with van der Waals surface area (Å²) in [5.74, 6) is 0. The van der Waals surface area contributed by atoms with Crippen molar-refractivity contribution in [3.05, 3.63) is 107 Å². The van der Waals surface area contributed by atoms with Gasteiger partial charge in [0.05, 0.1) is 33.2 Å². The largest absolute Gasteiger partial charge is 0.345 e. The van der Waals surface area contributed by atoms with E-state index < -0.39 is 0 Å². The number of nitrogens with zero attached hydrogens (tertiary/aromatic N) is 4. The highest BCUT2D eigenvalue weighted by Crippen LogP contribution is 2.31. The maximum Gasteiger partial charge on any atom is 0.345 e. The van der Waals surface area contributed by atoms with Crippen LogP contribution < -0.4 is 10.6 Å². The molecule has 0 radical (unpaired) electrons. The molecule has 0 bridgehead atoms. The van der Waals surface area contributed by atoms with Gasteiger partial charge in [0.25, 0.3) is 0 Å². The van der Waals surface area contributed by atoms with Crippen LogP contribution in [0, 0.1) is 0 Å². The molecule has 2 amide bonds. The Labute approximate surface area is 232 Å². The maximum absolute atomic E-state index is 14.0. The van der Waals surface area contributed by atoms with E-state index in [1.165, 1.54) is 10.1 Å². The number of benzene rings is 4. The van der Waals surface area contributed by atoms with Crippen molar-refractivity contribution in [3.8, 4) is 0 Å². The zero-order valence-electron chi connectivity index (χ0n) is 21.8. The summed E-state index contributed by atoms with van der Waals surface area (Å²) >= 11 is 1.72. The van der Waals surface area contributed by atoms with Crippen molar-refractivity contribution >= 4 is 49.8 Å². The second-order valence-corrected chi connectivity index (χ2v) is 10.9. The van der Waals surface area contributed by atoms with Crippen LogP contribution in [0.1, 0.15) is 35.4 Å². The van der Waals surface area contributed by atoms with Gasteiger partial charge >= 0.3 is 6.03 Å². The van der Waals surface area contributed by atoms with E-state index in [4.69, 9.17) is 15.8 Å². The summed E-state index contributed by atoms with van der Waals surface area (Å²) in [6.45, 7) is 1.59. The van der Waals surface area contributed by atoms with Gasteiger partial charge in [-0.15, -0.1) is 11.3 Å². The van der Waals surface area contributed by atoms with E-state index in [1.807, 2.05) is 47.4 Å². The molecule has 0 atom stereocenters. The summed E-state index contributed by atoms with van der Waals surface area (Å²) in [7, 11) is 0. The highest BCUT2D eigenvalue weighted by molar-refractivity contribution is 7.18. The van der Waals surface area contributed by atoms with Gasteiger partial charge in [-0.25, -0.2) is 14.8 Å². The molecule has 6 nitrogen and oxygen atoms in total. The molecule has 1 aromatic heterocycles. The van der Waals surface area contributed by atoms with Gasteiger partial charge in [-0.1, -0.05) is 66.7 Å². The van der Waals surface area contributed by atoms with Gasteiger partial charge in [0.15, 0.2) is 0 Å². The third kappa shape index (κ3) is 5.41. The molecule has 0 spiro atoms. The summed E-state index contributed by atoms with van der Waals surface area (Å²) in [6, 6.07) is 31.0.